The van der Waals surface area contributed by atoms with E-state index in [1.165, 1.54) is 18.3 Å². The number of nitrogens with zero attached hydrogens (tertiary/aromatic N) is 1. The number of benzene rings is 2. The molecule has 0 aliphatic heterocycles. The highest BCUT2D eigenvalue weighted by molar-refractivity contribution is 7.14. The molecule has 0 saturated carbocycles. The third-order valence-electron chi connectivity index (χ3n) is 4.12. The highest BCUT2D eigenvalue weighted by atomic mass is 32.1. The molecule has 3 rings (SSSR count). The van der Waals surface area contributed by atoms with Crippen LogP contribution in [0.25, 0.3) is 0 Å². The summed E-state index contributed by atoms with van der Waals surface area (Å²) in [5, 5.41) is 3.44. The predicted octanol–water partition coefficient (Wildman–Crippen LogP) is 4.26. The Bertz CT molecular complexity index is 1010. The van der Waals surface area contributed by atoms with Crippen LogP contribution in [0.1, 0.15) is 43.2 Å². The van der Waals surface area contributed by atoms with E-state index in [1.807, 2.05) is 30.3 Å². The molecule has 1 N–H and O–H groups in total. The average molecular weight is 392 g/mol. The standard InChI is InChI=1S/C22H20N2O3S/c1-14(25)12-16-8-10-17(11-9-16)19(26)13-20-23-15(2)21(28-20)22(27)24-18-6-4-3-5-7-18/h3-11H,12-13H2,1-2H3,(H,24,27). The molecule has 0 fully saturated rings. The molecule has 6 heteroatoms. The van der Waals surface area contributed by atoms with Crippen molar-refractivity contribution in [2.24, 2.45) is 0 Å². The molecule has 28 heavy (non-hydrogen) atoms. The predicted molar refractivity (Wildman–Crippen MR) is 110 cm³/mol. The van der Waals surface area contributed by atoms with Crippen LogP contribution < -0.4 is 5.32 Å². The third-order valence-corrected chi connectivity index (χ3v) is 5.28. The number of hydrogen-bond donors (Lipinski definition) is 1. The van der Waals surface area contributed by atoms with E-state index in [2.05, 4.69) is 10.3 Å². The van der Waals surface area contributed by atoms with Gasteiger partial charge in [0.25, 0.3) is 5.91 Å². The Kier molecular flexibility index (Phi) is 6.11. The molecule has 2 aromatic carbocycles. The summed E-state index contributed by atoms with van der Waals surface area (Å²) >= 11 is 1.23. The van der Waals surface area contributed by atoms with Crippen molar-refractivity contribution in [3.63, 3.8) is 0 Å². The van der Waals surface area contributed by atoms with Crippen molar-refractivity contribution in [3.8, 4) is 0 Å². The Hall–Kier alpha value is -3.12. The molecule has 0 atom stereocenters. The maximum absolute atomic E-state index is 12.5. The van der Waals surface area contributed by atoms with Crippen molar-refractivity contribution < 1.29 is 14.4 Å². The highest BCUT2D eigenvalue weighted by Gasteiger charge is 2.18. The van der Waals surface area contributed by atoms with E-state index in [-0.39, 0.29) is 23.9 Å². The molecular weight excluding hydrogens is 372 g/mol. The van der Waals surface area contributed by atoms with Crippen LogP contribution in [0.5, 0.6) is 0 Å². The van der Waals surface area contributed by atoms with Gasteiger partial charge < -0.3 is 5.32 Å². The molecule has 0 aliphatic carbocycles. The van der Waals surface area contributed by atoms with E-state index in [0.29, 0.717) is 33.3 Å². The first-order valence-electron chi connectivity index (χ1n) is 8.86. The number of ketones is 2. The van der Waals surface area contributed by atoms with Gasteiger partial charge in [0.05, 0.1) is 12.1 Å². The second-order valence-electron chi connectivity index (χ2n) is 6.52. The first-order chi connectivity index (χ1) is 13.4. The molecule has 0 bridgehead atoms. The summed E-state index contributed by atoms with van der Waals surface area (Å²) in [5.41, 5.74) is 2.77. The number of carbonyl (C=O) groups is 3. The fraction of sp³-hybridized carbons (Fsp3) is 0.182. The van der Waals surface area contributed by atoms with Crippen LogP contribution in [0.2, 0.25) is 0 Å². The van der Waals surface area contributed by atoms with Gasteiger partial charge in [-0.15, -0.1) is 11.3 Å². The quantitative estimate of drug-likeness (QED) is 0.610. The van der Waals surface area contributed by atoms with Gasteiger partial charge >= 0.3 is 0 Å². The third kappa shape index (κ3) is 4.98. The molecule has 142 valence electrons. The van der Waals surface area contributed by atoms with Crippen LogP contribution in [0.15, 0.2) is 54.6 Å². The van der Waals surface area contributed by atoms with E-state index in [9.17, 15) is 14.4 Å². The number of Topliss-reactive ketones (excluding diaryl/α,β-unsaturated/α-hetero) is 2. The Morgan fingerprint density at radius 3 is 2.29 bits per heavy atom. The van der Waals surface area contributed by atoms with Crippen molar-refractivity contribution in [1.82, 2.24) is 4.98 Å². The van der Waals surface area contributed by atoms with Gasteiger partial charge in [-0.3, -0.25) is 14.4 Å². The lowest BCUT2D eigenvalue weighted by Gasteiger charge is -2.03. The summed E-state index contributed by atoms with van der Waals surface area (Å²) in [4.78, 5) is 41.1. The lowest BCUT2D eigenvalue weighted by atomic mass is 10.0. The maximum atomic E-state index is 12.5. The number of aryl methyl sites for hydroxylation is 1. The Morgan fingerprint density at radius 2 is 1.64 bits per heavy atom. The lowest BCUT2D eigenvalue weighted by molar-refractivity contribution is -0.116. The second-order valence-corrected chi connectivity index (χ2v) is 7.60. The fourth-order valence-electron chi connectivity index (χ4n) is 2.78. The van der Waals surface area contributed by atoms with E-state index < -0.39 is 0 Å². The zero-order valence-corrected chi connectivity index (χ0v) is 16.5. The van der Waals surface area contributed by atoms with Gasteiger partial charge in [0.2, 0.25) is 0 Å². The number of rotatable bonds is 7. The summed E-state index contributed by atoms with van der Waals surface area (Å²) in [6.07, 6.45) is 0.496. The molecule has 3 aromatic rings. The Morgan fingerprint density at radius 1 is 0.964 bits per heavy atom. The van der Waals surface area contributed by atoms with Crippen molar-refractivity contribution >= 4 is 34.5 Å². The van der Waals surface area contributed by atoms with E-state index in [1.54, 1.807) is 31.2 Å². The van der Waals surface area contributed by atoms with Gasteiger partial charge in [0.15, 0.2) is 5.78 Å². The number of anilines is 1. The average Bonchev–Trinajstić information content (AvgIpc) is 3.03. The van der Waals surface area contributed by atoms with Gasteiger partial charge in [-0.1, -0.05) is 42.5 Å². The molecule has 0 unspecified atom stereocenters. The summed E-state index contributed by atoms with van der Waals surface area (Å²) < 4.78 is 0. The largest absolute Gasteiger partial charge is 0.321 e. The van der Waals surface area contributed by atoms with Gasteiger partial charge in [-0.05, 0) is 31.5 Å². The van der Waals surface area contributed by atoms with Crippen LogP contribution in [0.3, 0.4) is 0 Å². The highest BCUT2D eigenvalue weighted by Crippen LogP contribution is 2.21. The van der Waals surface area contributed by atoms with Crippen molar-refractivity contribution in [1.29, 1.82) is 0 Å². The first kappa shape index (κ1) is 19.6. The number of aromatic nitrogens is 1. The Labute approximate surface area is 167 Å². The van der Waals surface area contributed by atoms with Gasteiger partial charge in [-0.2, -0.15) is 0 Å². The van der Waals surface area contributed by atoms with Crippen LogP contribution in [-0.4, -0.2) is 22.5 Å². The summed E-state index contributed by atoms with van der Waals surface area (Å²) in [6.45, 7) is 3.30. The number of nitrogens with one attached hydrogen (secondary N) is 1. The lowest BCUT2D eigenvalue weighted by Crippen LogP contribution is -2.11. The van der Waals surface area contributed by atoms with E-state index in [4.69, 9.17) is 0 Å². The van der Waals surface area contributed by atoms with Crippen molar-refractivity contribution in [2.45, 2.75) is 26.7 Å². The fourth-order valence-corrected chi connectivity index (χ4v) is 3.74. The zero-order chi connectivity index (χ0) is 20.1. The first-order valence-corrected chi connectivity index (χ1v) is 9.68. The monoisotopic (exact) mass is 392 g/mol. The molecule has 1 amide bonds. The maximum Gasteiger partial charge on any atom is 0.267 e. The summed E-state index contributed by atoms with van der Waals surface area (Å²) in [7, 11) is 0. The van der Waals surface area contributed by atoms with E-state index >= 15 is 0 Å². The molecule has 1 heterocycles. The minimum absolute atomic E-state index is 0.0712. The molecule has 0 spiro atoms. The van der Waals surface area contributed by atoms with Gasteiger partial charge in [0, 0.05) is 17.7 Å². The molecule has 0 saturated heterocycles. The molecule has 5 nitrogen and oxygen atoms in total. The van der Waals surface area contributed by atoms with Crippen molar-refractivity contribution in [3.05, 3.63) is 81.3 Å². The smallest absolute Gasteiger partial charge is 0.267 e. The molecule has 0 radical (unpaired) electrons. The zero-order valence-electron chi connectivity index (χ0n) is 15.7. The van der Waals surface area contributed by atoms with Crippen LogP contribution in [0.4, 0.5) is 5.69 Å². The van der Waals surface area contributed by atoms with E-state index in [0.717, 1.165) is 5.56 Å². The number of carbonyl (C=O) groups excluding carboxylic acids is 3. The minimum Gasteiger partial charge on any atom is -0.321 e. The molecule has 1 aromatic heterocycles. The Balaban J connectivity index is 1.68. The van der Waals surface area contributed by atoms with Crippen LogP contribution >= 0.6 is 11.3 Å². The number of para-hydroxylation sites is 1. The second kappa shape index (κ2) is 8.71. The summed E-state index contributed by atoms with van der Waals surface area (Å²) in [6, 6.07) is 16.2. The normalized spacial score (nSPS) is 10.5. The van der Waals surface area contributed by atoms with Crippen LogP contribution in [0, 0.1) is 6.92 Å². The SMILES string of the molecule is CC(=O)Cc1ccc(C(=O)Cc2nc(C)c(C(=O)Nc3ccccc3)s2)cc1. The minimum atomic E-state index is -0.228. The topological polar surface area (TPSA) is 76.1 Å². The molecular formula is C22H20N2O3S. The summed E-state index contributed by atoms with van der Waals surface area (Å²) in [5.74, 6) is -0.217. The number of thiazole rings is 1. The van der Waals surface area contributed by atoms with Crippen LogP contribution in [-0.2, 0) is 17.6 Å². The van der Waals surface area contributed by atoms with Gasteiger partial charge in [0.1, 0.15) is 15.7 Å². The molecule has 0 aliphatic rings. The van der Waals surface area contributed by atoms with Gasteiger partial charge in [-0.25, -0.2) is 4.98 Å². The number of hydrogen-bond acceptors (Lipinski definition) is 5. The number of amides is 1. The van der Waals surface area contributed by atoms with Crippen molar-refractivity contribution in [2.75, 3.05) is 5.32 Å².